The summed E-state index contributed by atoms with van der Waals surface area (Å²) < 4.78 is 10.3. The van der Waals surface area contributed by atoms with Gasteiger partial charge < -0.3 is 23.6 Å². The number of ether oxygens (including phenoxy) is 1. The quantitative estimate of drug-likeness (QED) is 0.0685. The first-order valence-electron chi connectivity index (χ1n) is 17.7. The van der Waals surface area contributed by atoms with E-state index in [9.17, 15) is 4.79 Å². The molecule has 0 bridgehead atoms. The average molecular weight is 767 g/mol. The topological polar surface area (TPSA) is 127 Å². The molecule has 0 saturated heterocycles. The van der Waals surface area contributed by atoms with Crippen LogP contribution in [0, 0.1) is 33.1 Å². The van der Waals surface area contributed by atoms with Crippen LogP contribution in [0.3, 0.4) is 0 Å². The number of nitrogens with zero attached hydrogens (tertiary/aromatic N) is 5. The maximum Gasteiger partial charge on any atom is 0.362 e. The number of hydrogen-bond donors (Lipinski definition) is 2. The predicted octanol–water partition coefficient (Wildman–Crippen LogP) is 9.02. The summed E-state index contributed by atoms with van der Waals surface area (Å²) in [5, 5.41) is 10.5. The average Bonchev–Trinajstić information content (AvgIpc) is 3.64. The highest BCUT2D eigenvalue weighted by Gasteiger charge is 2.37. The van der Waals surface area contributed by atoms with Crippen LogP contribution in [0.1, 0.15) is 75.2 Å². The number of carbonyl (C=O) groups is 2. The zero-order valence-electron chi connectivity index (χ0n) is 31.2. The van der Waals surface area contributed by atoms with Crippen molar-refractivity contribution in [3.63, 3.8) is 0 Å². The van der Waals surface area contributed by atoms with Gasteiger partial charge in [0, 0.05) is 69.7 Å². The van der Waals surface area contributed by atoms with E-state index in [0.29, 0.717) is 42.4 Å². The van der Waals surface area contributed by atoms with Gasteiger partial charge in [0.1, 0.15) is 23.6 Å². The highest BCUT2D eigenvalue weighted by molar-refractivity contribution is 6.35. The number of anilines is 1. The molecule has 0 aliphatic carbocycles. The van der Waals surface area contributed by atoms with Crippen molar-refractivity contribution in [3.05, 3.63) is 104 Å². The number of hydroxylamine groups is 1. The molecule has 1 atom stereocenters. The number of rotatable bonds is 8. The molecule has 1 amide bonds. The molecule has 0 saturated carbocycles. The normalized spacial score (nSPS) is 14.1. The zero-order valence-corrected chi connectivity index (χ0v) is 32.7. The molecule has 278 valence electrons. The molecule has 1 aliphatic rings. The van der Waals surface area contributed by atoms with Crippen LogP contribution in [-0.4, -0.2) is 50.0 Å². The van der Waals surface area contributed by atoms with Gasteiger partial charge in [0.2, 0.25) is 0 Å². The molecule has 0 spiro atoms. The minimum Gasteiger partial charge on any atom is -0.494 e. The molecular formula is C41H41Cl2N7O4. The fraction of sp³-hybridized carbons (Fsp3) is 0.293. The Kier molecular flexibility index (Phi) is 9.89. The molecule has 3 aromatic heterocycles. The van der Waals surface area contributed by atoms with E-state index >= 15 is 4.79 Å². The van der Waals surface area contributed by atoms with Crippen molar-refractivity contribution in [2.75, 3.05) is 18.1 Å². The zero-order chi connectivity index (χ0) is 38.6. The number of nitrogens with one attached hydrogen (secondary N) is 2. The Balaban J connectivity index is 1.35. The lowest BCUT2D eigenvalue weighted by molar-refractivity contribution is 0.0384. The first kappa shape index (κ1) is 36.9. The fourth-order valence-electron chi connectivity index (χ4n) is 7.65. The van der Waals surface area contributed by atoms with E-state index in [2.05, 4.69) is 26.9 Å². The molecule has 11 nitrogen and oxygen atoms in total. The molecule has 0 radical (unpaired) electrons. The van der Waals surface area contributed by atoms with Crippen molar-refractivity contribution < 1.29 is 19.2 Å². The number of benzene rings is 3. The molecular weight excluding hydrogens is 725 g/mol. The lowest BCUT2D eigenvalue weighted by atomic mass is 9.97. The van der Waals surface area contributed by atoms with Crippen LogP contribution in [0.15, 0.2) is 55.0 Å². The third-order valence-electron chi connectivity index (χ3n) is 10.1. The van der Waals surface area contributed by atoms with Gasteiger partial charge in [0.25, 0.3) is 5.91 Å². The Morgan fingerprint density at radius 2 is 1.70 bits per heavy atom. The van der Waals surface area contributed by atoms with Crippen molar-refractivity contribution in [3.8, 4) is 16.9 Å². The molecule has 4 heterocycles. The summed E-state index contributed by atoms with van der Waals surface area (Å²) in [6.07, 6.45) is 4.67. The minimum absolute atomic E-state index is 0.000199. The van der Waals surface area contributed by atoms with Gasteiger partial charge in [-0.2, -0.15) is 0 Å². The van der Waals surface area contributed by atoms with Gasteiger partial charge in [-0.25, -0.2) is 20.2 Å². The van der Waals surface area contributed by atoms with Crippen LogP contribution in [0.2, 0.25) is 10.0 Å². The van der Waals surface area contributed by atoms with Crippen LogP contribution in [-0.2, 0) is 18.3 Å². The summed E-state index contributed by atoms with van der Waals surface area (Å²) in [6.45, 7) is 12.2. The van der Waals surface area contributed by atoms with Crippen molar-refractivity contribution in [1.29, 1.82) is 5.41 Å². The van der Waals surface area contributed by atoms with Crippen molar-refractivity contribution in [2.45, 2.75) is 60.4 Å². The first-order valence-corrected chi connectivity index (χ1v) is 18.5. The Morgan fingerprint density at radius 1 is 1.00 bits per heavy atom. The maximum atomic E-state index is 15.1. The summed E-state index contributed by atoms with van der Waals surface area (Å²) >= 11 is 13.5. The Labute approximate surface area is 323 Å². The van der Waals surface area contributed by atoms with Gasteiger partial charge in [-0.3, -0.25) is 10.2 Å². The van der Waals surface area contributed by atoms with Crippen LogP contribution < -0.4 is 15.1 Å². The van der Waals surface area contributed by atoms with Crippen LogP contribution in [0.5, 0.6) is 5.75 Å². The molecule has 0 unspecified atom stereocenters. The van der Waals surface area contributed by atoms with E-state index in [1.54, 1.807) is 23.4 Å². The van der Waals surface area contributed by atoms with Crippen LogP contribution in [0.4, 0.5) is 5.69 Å². The summed E-state index contributed by atoms with van der Waals surface area (Å²) in [6, 6.07) is 12.8. The van der Waals surface area contributed by atoms with Gasteiger partial charge in [-0.05, 0) is 107 Å². The van der Waals surface area contributed by atoms with Gasteiger partial charge in [-0.1, -0.05) is 29.3 Å². The van der Waals surface area contributed by atoms with Gasteiger partial charge >= 0.3 is 5.97 Å². The fourth-order valence-corrected chi connectivity index (χ4v) is 8.01. The van der Waals surface area contributed by atoms with Crippen molar-refractivity contribution in [2.24, 2.45) is 7.05 Å². The number of aromatic nitrogens is 4. The van der Waals surface area contributed by atoms with E-state index in [-0.39, 0.29) is 23.3 Å². The number of amidine groups is 1. The lowest BCUT2D eigenvalue weighted by Crippen LogP contribution is -2.42. The molecule has 2 N–H and O–H groups in total. The van der Waals surface area contributed by atoms with E-state index in [1.807, 2.05) is 75.8 Å². The Hall–Kier alpha value is -5.39. The summed E-state index contributed by atoms with van der Waals surface area (Å²) in [4.78, 5) is 43.9. The molecule has 3 aromatic carbocycles. The van der Waals surface area contributed by atoms with Crippen LogP contribution in [0.25, 0.3) is 32.9 Å². The monoisotopic (exact) mass is 765 g/mol. The van der Waals surface area contributed by atoms with Gasteiger partial charge in [-0.15, -0.1) is 0 Å². The smallest absolute Gasteiger partial charge is 0.362 e. The van der Waals surface area contributed by atoms with E-state index in [1.165, 1.54) is 6.92 Å². The highest BCUT2D eigenvalue weighted by atomic mass is 35.5. The number of fused-ring (bicyclic) bond motifs is 4. The molecule has 13 heteroatoms. The summed E-state index contributed by atoms with van der Waals surface area (Å²) in [5.74, 6) is -0.0445. The van der Waals surface area contributed by atoms with Crippen LogP contribution >= 0.6 is 23.2 Å². The molecule has 6 aromatic rings. The molecule has 0 fully saturated rings. The second-order valence-corrected chi connectivity index (χ2v) is 14.8. The summed E-state index contributed by atoms with van der Waals surface area (Å²) in [7, 11) is 1.91. The first-order chi connectivity index (χ1) is 25.8. The third-order valence-corrected chi connectivity index (χ3v) is 11.0. The van der Waals surface area contributed by atoms with Gasteiger partial charge in [0.05, 0.1) is 28.4 Å². The van der Waals surface area contributed by atoms with Crippen molar-refractivity contribution >= 4 is 68.4 Å². The lowest BCUT2D eigenvalue weighted by Gasteiger charge is -2.34. The highest BCUT2D eigenvalue weighted by Crippen LogP contribution is 2.45. The SMILES string of the molecule is CC(=N)NOC(=O)c1ccc2c(c1)c(N1C[C@@H](C)n3c(c(CCCOc4cc(C)c(Cl)c(C)c4)c4ccc(Cl)c(-c5c(C)ncnc5C)c43)C1=O)cn2C. The number of hydrogen-bond acceptors (Lipinski definition) is 7. The number of amides is 1. The third kappa shape index (κ3) is 6.45. The van der Waals surface area contributed by atoms with E-state index in [0.717, 1.165) is 71.8 Å². The maximum absolute atomic E-state index is 15.1. The van der Waals surface area contributed by atoms with Crippen molar-refractivity contribution in [1.82, 2.24) is 24.6 Å². The Morgan fingerprint density at radius 3 is 2.39 bits per heavy atom. The summed E-state index contributed by atoms with van der Waals surface area (Å²) in [5.41, 5.74) is 11.6. The molecule has 1 aliphatic heterocycles. The molecule has 54 heavy (non-hydrogen) atoms. The number of halogens is 2. The number of carbonyl (C=O) groups excluding carboxylic acids is 2. The standard InChI is InChI=1S/C41H41Cl2N7O4/c1-21-15-28(16-22(2)37(21)43)53-14-8-9-29-30-11-12-32(42)36(35-24(4)45-20-46-25(35)5)38(30)50-23(3)18-49(40(51)39(29)50)34-19-48(7)33-13-10-27(17-31(33)34)41(52)54-47-26(6)44/h10-13,15-17,19-20,23H,8-9,14,18H2,1-7H3,(H2,44,47)/t23-/m1/s1. The second kappa shape index (κ2) is 14.4. The largest absolute Gasteiger partial charge is 0.494 e. The van der Waals surface area contributed by atoms with E-state index < -0.39 is 5.97 Å². The minimum atomic E-state index is -0.634. The van der Waals surface area contributed by atoms with Gasteiger partial charge in [0.15, 0.2) is 0 Å². The predicted molar refractivity (Wildman–Crippen MR) is 213 cm³/mol. The number of aryl methyl sites for hydroxylation is 6. The van der Waals surface area contributed by atoms with E-state index in [4.69, 9.17) is 38.2 Å². The second-order valence-electron chi connectivity index (χ2n) is 14.0. The Bertz CT molecular complexity index is 2480. The molecule has 7 rings (SSSR count).